The monoisotopic (exact) mass is 353 g/mol. The van der Waals surface area contributed by atoms with Gasteiger partial charge in [-0.2, -0.15) is 16.8 Å². The van der Waals surface area contributed by atoms with Crippen molar-refractivity contribution in [3.8, 4) is 0 Å². The molecule has 0 aromatic heterocycles. The molecule has 1 aromatic carbocycles. The first-order valence-electron chi connectivity index (χ1n) is 4.48. The molecule has 0 saturated carbocycles. The Morgan fingerprint density at radius 3 is 1.42 bits per heavy atom. The number of hydrogen-bond donors (Lipinski definition) is 2. The minimum Gasteiger partial charge on any atom is -0.277 e. The van der Waals surface area contributed by atoms with Gasteiger partial charge in [0.05, 0.1) is 0 Å². The molecule has 0 unspecified atom stereocenters. The van der Waals surface area contributed by atoms with Crippen molar-refractivity contribution in [2.75, 3.05) is 0 Å². The summed E-state index contributed by atoms with van der Waals surface area (Å²) in [5, 5.41) is 0. The summed E-state index contributed by atoms with van der Waals surface area (Å²) < 4.78 is 59.7. The molecular formula is C8H10NaO6S4+. The molecule has 0 fully saturated rings. The number of rotatable bonds is 6. The van der Waals surface area contributed by atoms with Gasteiger partial charge >= 0.3 is 47.9 Å². The van der Waals surface area contributed by atoms with E-state index in [0.717, 1.165) is 0 Å². The zero-order valence-electron chi connectivity index (χ0n) is 9.88. The molecule has 0 atom stereocenters. The van der Waals surface area contributed by atoms with Gasteiger partial charge in [0.2, 0.25) is 0 Å². The van der Waals surface area contributed by atoms with Gasteiger partial charge in [-0.15, -0.1) is 0 Å². The van der Waals surface area contributed by atoms with E-state index in [1.807, 2.05) is 0 Å². The van der Waals surface area contributed by atoms with E-state index in [9.17, 15) is 16.8 Å². The van der Waals surface area contributed by atoms with Gasteiger partial charge < -0.3 is 0 Å². The fourth-order valence-corrected chi connectivity index (χ4v) is 3.89. The third-order valence-corrected chi connectivity index (χ3v) is 5.79. The van der Waals surface area contributed by atoms with Crippen molar-refractivity contribution in [3.63, 3.8) is 0 Å². The van der Waals surface area contributed by atoms with E-state index in [1.54, 1.807) is 24.3 Å². The average Bonchev–Trinajstić information content (AvgIpc) is 2.22. The van der Waals surface area contributed by atoms with Gasteiger partial charge in [0.15, 0.2) is 0 Å². The maximum absolute atomic E-state index is 10.6. The zero-order valence-corrected chi connectivity index (χ0v) is 15.2. The molecule has 11 heteroatoms. The van der Waals surface area contributed by atoms with Crippen molar-refractivity contribution >= 4 is 39.9 Å². The first-order chi connectivity index (χ1) is 8.17. The van der Waals surface area contributed by atoms with Gasteiger partial charge in [0, 0.05) is 33.1 Å². The smallest absolute Gasteiger partial charge is 0.277 e. The summed E-state index contributed by atoms with van der Waals surface area (Å²) in [7, 11) is -7.60. The van der Waals surface area contributed by atoms with E-state index in [2.05, 4.69) is 0 Å². The Morgan fingerprint density at radius 1 is 0.842 bits per heavy atom. The van der Waals surface area contributed by atoms with Gasteiger partial charge in [-0.1, -0.05) is 24.3 Å². The average molecular weight is 353 g/mol. The van der Waals surface area contributed by atoms with Crippen molar-refractivity contribution in [2.45, 2.75) is 11.5 Å². The van der Waals surface area contributed by atoms with E-state index >= 15 is 0 Å². The topological polar surface area (TPSA) is 109 Å². The first kappa shape index (κ1) is 19.7. The van der Waals surface area contributed by atoms with Crippen LogP contribution in [0.25, 0.3) is 0 Å². The molecule has 0 aliphatic heterocycles. The summed E-state index contributed by atoms with van der Waals surface area (Å²) >= 11 is 0. The van der Waals surface area contributed by atoms with Crippen LogP contribution in [-0.4, -0.2) is 25.9 Å². The van der Waals surface area contributed by atoms with E-state index in [4.69, 9.17) is 9.11 Å². The van der Waals surface area contributed by atoms with Crippen molar-refractivity contribution < 1.29 is 55.5 Å². The summed E-state index contributed by atoms with van der Waals surface area (Å²) in [4.78, 5) is 0. The molecule has 0 aliphatic rings. The molecule has 1 aromatic rings. The molecule has 6 nitrogen and oxygen atoms in total. The Bertz CT molecular complexity index is 557. The van der Waals surface area contributed by atoms with Crippen LogP contribution in [0.2, 0.25) is 0 Å². The normalized spacial score (nSPS) is 11.9. The molecule has 1 rings (SSSR count). The molecule has 2 N–H and O–H groups in total. The SMILES string of the molecule is O=S(=O)(O)SCc1ccccc1CSS(=O)(=O)O.[Na+]. The minimum absolute atomic E-state index is 0. The summed E-state index contributed by atoms with van der Waals surface area (Å²) in [5.41, 5.74) is 1.16. The van der Waals surface area contributed by atoms with Crippen LogP contribution >= 0.6 is 21.6 Å². The largest absolute Gasteiger partial charge is 1.00 e. The van der Waals surface area contributed by atoms with Gasteiger partial charge in [-0.3, -0.25) is 9.11 Å². The second-order valence-corrected chi connectivity index (χ2v) is 9.85. The number of hydrogen-bond acceptors (Lipinski definition) is 6. The van der Waals surface area contributed by atoms with Crippen LogP contribution in [0.4, 0.5) is 0 Å². The summed E-state index contributed by atoms with van der Waals surface area (Å²) in [6.07, 6.45) is 0. The minimum atomic E-state index is -4.14. The maximum atomic E-state index is 10.6. The summed E-state index contributed by atoms with van der Waals surface area (Å²) in [6.45, 7) is 0. The van der Waals surface area contributed by atoms with E-state index in [-0.39, 0.29) is 41.1 Å². The van der Waals surface area contributed by atoms with Crippen LogP contribution in [-0.2, 0) is 29.8 Å². The fraction of sp³-hybridized carbons (Fsp3) is 0.250. The third kappa shape index (κ3) is 9.32. The summed E-state index contributed by atoms with van der Waals surface area (Å²) in [5.74, 6) is 0.00207. The molecule has 0 bridgehead atoms. The molecule has 102 valence electrons. The van der Waals surface area contributed by atoms with Crippen molar-refractivity contribution in [2.24, 2.45) is 0 Å². The van der Waals surface area contributed by atoms with Gasteiger partial charge in [-0.05, 0) is 11.1 Å². The Hall–Kier alpha value is 0.740. The Kier molecular flexibility index (Phi) is 8.57. The van der Waals surface area contributed by atoms with Crippen LogP contribution in [0.3, 0.4) is 0 Å². The molecule has 19 heavy (non-hydrogen) atoms. The molecular weight excluding hydrogens is 343 g/mol. The molecule has 0 saturated heterocycles. The van der Waals surface area contributed by atoms with Crippen LogP contribution in [0.15, 0.2) is 24.3 Å². The maximum Gasteiger partial charge on any atom is 1.00 e. The van der Waals surface area contributed by atoms with Crippen LogP contribution in [0, 0.1) is 0 Å². The molecule has 0 spiro atoms. The van der Waals surface area contributed by atoms with Gasteiger partial charge in [-0.25, -0.2) is 0 Å². The zero-order chi connectivity index (χ0) is 13.8. The second kappa shape index (κ2) is 8.25. The Morgan fingerprint density at radius 2 is 1.16 bits per heavy atom. The molecule has 0 aliphatic carbocycles. The predicted molar refractivity (Wildman–Crippen MR) is 72.1 cm³/mol. The van der Waals surface area contributed by atoms with Crippen molar-refractivity contribution in [1.82, 2.24) is 0 Å². The third-order valence-electron chi connectivity index (χ3n) is 1.85. The Balaban J connectivity index is 0.00000324. The second-order valence-electron chi connectivity index (χ2n) is 3.15. The predicted octanol–water partition coefficient (Wildman–Crippen LogP) is -1.24. The molecule has 0 heterocycles. The van der Waals surface area contributed by atoms with E-state index in [0.29, 0.717) is 32.7 Å². The van der Waals surface area contributed by atoms with Crippen molar-refractivity contribution in [1.29, 1.82) is 0 Å². The first-order valence-corrected chi connectivity index (χ1v) is 10.4. The summed E-state index contributed by atoms with van der Waals surface area (Å²) in [6, 6.07) is 6.58. The van der Waals surface area contributed by atoms with Gasteiger partial charge in [0.1, 0.15) is 0 Å². The quantitative estimate of drug-likeness (QED) is 0.371. The Labute approximate surface area is 141 Å². The van der Waals surface area contributed by atoms with Crippen LogP contribution in [0.1, 0.15) is 11.1 Å². The fourth-order valence-electron chi connectivity index (χ4n) is 1.12. The number of benzene rings is 1. The van der Waals surface area contributed by atoms with Gasteiger partial charge in [0.25, 0.3) is 0 Å². The van der Waals surface area contributed by atoms with Crippen molar-refractivity contribution in [3.05, 3.63) is 35.4 Å². The molecule has 0 radical (unpaired) electrons. The van der Waals surface area contributed by atoms with Crippen LogP contribution in [0.5, 0.6) is 0 Å². The van der Waals surface area contributed by atoms with E-state index in [1.165, 1.54) is 0 Å². The van der Waals surface area contributed by atoms with Crippen LogP contribution < -0.4 is 29.6 Å². The molecule has 0 amide bonds. The van der Waals surface area contributed by atoms with E-state index < -0.39 is 18.3 Å². The standard InChI is InChI=1S/C8H10O6S4.Na/c9-17(10,11)15-5-7-3-1-2-4-8(7)6-16-18(12,13)14;/h1-4H,5-6H2,(H,9,10,11)(H,12,13,14);/q;+1.